The SMILES string of the molecule is O=C1C=CC(=Nc2ccc(O)c(-c3cccc(Cl)c3Cl)c2)C=C1. The largest absolute Gasteiger partial charge is 0.507 e. The van der Waals surface area contributed by atoms with Gasteiger partial charge in [0, 0.05) is 11.1 Å². The van der Waals surface area contributed by atoms with E-state index in [1.165, 1.54) is 12.2 Å². The summed E-state index contributed by atoms with van der Waals surface area (Å²) in [5, 5.41) is 10.9. The van der Waals surface area contributed by atoms with Crippen molar-refractivity contribution in [2.45, 2.75) is 0 Å². The van der Waals surface area contributed by atoms with E-state index in [4.69, 9.17) is 23.2 Å². The van der Waals surface area contributed by atoms with Crippen LogP contribution in [0.25, 0.3) is 11.1 Å². The first-order valence-electron chi connectivity index (χ1n) is 6.81. The minimum Gasteiger partial charge on any atom is -0.507 e. The zero-order valence-corrected chi connectivity index (χ0v) is 13.3. The van der Waals surface area contributed by atoms with E-state index >= 15 is 0 Å². The van der Waals surface area contributed by atoms with Crippen LogP contribution in [0.15, 0.2) is 65.7 Å². The summed E-state index contributed by atoms with van der Waals surface area (Å²) in [6.07, 6.45) is 6.18. The molecule has 0 atom stereocenters. The highest BCUT2D eigenvalue weighted by Crippen LogP contribution is 2.39. The summed E-state index contributed by atoms with van der Waals surface area (Å²) in [6.45, 7) is 0. The van der Waals surface area contributed by atoms with Gasteiger partial charge in [-0.25, -0.2) is 4.99 Å². The van der Waals surface area contributed by atoms with Crippen molar-refractivity contribution >= 4 is 40.4 Å². The highest BCUT2D eigenvalue weighted by Gasteiger charge is 2.11. The van der Waals surface area contributed by atoms with Crippen molar-refractivity contribution in [3.63, 3.8) is 0 Å². The number of carbonyl (C=O) groups excluding carboxylic acids is 1. The van der Waals surface area contributed by atoms with E-state index < -0.39 is 0 Å². The van der Waals surface area contributed by atoms with Crippen LogP contribution in [0.2, 0.25) is 10.0 Å². The Bertz CT molecular complexity index is 865. The van der Waals surface area contributed by atoms with E-state index in [2.05, 4.69) is 4.99 Å². The molecule has 0 fully saturated rings. The second-order valence-electron chi connectivity index (χ2n) is 4.91. The number of allylic oxidation sites excluding steroid dienone is 4. The van der Waals surface area contributed by atoms with Crippen LogP contribution in [0.4, 0.5) is 5.69 Å². The lowest BCUT2D eigenvalue weighted by molar-refractivity contribution is -0.110. The number of ketones is 1. The summed E-state index contributed by atoms with van der Waals surface area (Å²) in [6, 6.07) is 10.2. The number of rotatable bonds is 2. The van der Waals surface area contributed by atoms with Gasteiger partial charge in [0.1, 0.15) is 5.75 Å². The van der Waals surface area contributed by atoms with Gasteiger partial charge in [-0.15, -0.1) is 0 Å². The molecular formula is C18H11Cl2NO2. The fourth-order valence-electron chi connectivity index (χ4n) is 2.19. The second-order valence-corrected chi connectivity index (χ2v) is 5.69. The van der Waals surface area contributed by atoms with Gasteiger partial charge in [-0.2, -0.15) is 0 Å². The van der Waals surface area contributed by atoms with Crippen molar-refractivity contribution < 1.29 is 9.90 Å². The third-order valence-corrected chi connectivity index (χ3v) is 4.14. The third-order valence-electron chi connectivity index (χ3n) is 3.32. The van der Waals surface area contributed by atoms with Gasteiger partial charge in [-0.1, -0.05) is 35.3 Å². The monoisotopic (exact) mass is 343 g/mol. The average Bonchev–Trinajstić information content (AvgIpc) is 2.54. The molecule has 0 radical (unpaired) electrons. The Morgan fingerprint density at radius 3 is 2.39 bits per heavy atom. The number of hydrogen-bond acceptors (Lipinski definition) is 3. The molecule has 114 valence electrons. The highest BCUT2D eigenvalue weighted by molar-refractivity contribution is 6.43. The number of nitrogens with zero attached hydrogens (tertiary/aromatic N) is 1. The van der Waals surface area contributed by atoms with Crippen LogP contribution >= 0.6 is 23.2 Å². The Kier molecular flexibility index (Phi) is 4.33. The lowest BCUT2D eigenvalue weighted by Gasteiger charge is -2.09. The van der Waals surface area contributed by atoms with Crippen molar-refractivity contribution in [3.05, 3.63) is 70.7 Å². The van der Waals surface area contributed by atoms with Gasteiger partial charge in [0.15, 0.2) is 5.78 Å². The van der Waals surface area contributed by atoms with Crippen LogP contribution in [-0.2, 0) is 4.79 Å². The quantitative estimate of drug-likeness (QED) is 0.768. The minimum absolute atomic E-state index is 0.0685. The molecule has 2 aromatic carbocycles. The fraction of sp³-hybridized carbons (Fsp3) is 0. The molecule has 0 heterocycles. The molecule has 0 unspecified atom stereocenters. The third kappa shape index (κ3) is 3.36. The normalized spacial score (nSPS) is 13.5. The molecule has 0 saturated heterocycles. The summed E-state index contributed by atoms with van der Waals surface area (Å²) in [5.41, 5.74) is 2.45. The predicted octanol–water partition coefficient (Wildman–Crippen LogP) is 5.13. The van der Waals surface area contributed by atoms with E-state index in [9.17, 15) is 9.90 Å². The number of halogens is 2. The first-order valence-corrected chi connectivity index (χ1v) is 7.56. The van der Waals surface area contributed by atoms with Gasteiger partial charge in [0.25, 0.3) is 0 Å². The summed E-state index contributed by atoms with van der Waals surface area (Å²) >= 11 is 12.3. The number of benzene rings is 2. The summed E-state index contributed by atoms with van der Waals surface area (Å²) in [7, 11) is 0. The molecule has 0 aromatic heterocycles. The van der Waals surface area contributed by atoms with Crippen molar-refractivity contribution in [2.24, 2.45) is 4.99 Å². The van der Waals surface area contributed by atoms with E-state index in [-0.39, 0.29) is 11.5 Å². The van der Waals surface area contributed by atoms with Crippen LogP contribution in [0, 0.1) is 0 Å². The molecule has 3 nitrogen and oxygen atoms in total. The van der Waals surface area contributed by atoms with Gasteiger partial charge in [-0.05, 0) is 48.6 Å². The van der Waals surface area contributed by atoms with Gasteiger partial charge in [-0.3, -0.25) is 4.79 Å². The first-order chi connectivity index (χ1) is 11.0. The molecule has 3 rings (SSSR count). The maximum atomic E-state index is 11.1. The van der Waals surface area contributed by atoms with Crippen LogP contribution in [0.5, 0.6) is 5.75 Å². The van der Waals surface area contributed by atoms with Crippen molar-refractivity contribution in [2.75, 3.05) is 0 Å². The van der Waals surface area contributed by atoms with E-state index in [0.29, 0.717) is 32.6 Å². The molecule has 23 heavy (non-hydrogen) atoms. The maximum absolute atomic E-state index is 11.1. The topological polar surface area (TPSA) is 49.7 Å². The molecule has 1 aliphatic rings. The Labute approximate surface area is 143 Å². The Morgan fingerprint density at radius 2 is 1.65 bits per heavy atom. The van der Waals surface area contributed by atoms with Crippen molar-refractivity contribution in [3.8, 4) is 16.9 Å². The van der Waals surface area contributed by atoms with E-state index in [1.807, 2.05) is 0 Å². The number of hydrogen-bond donors (Lipinski definition) is 1. The van der Waals surface area contributed by atoms with Crippen molar-refractivity contribution in [1.29, 1.82) is 0 Å². The lowest BCUT2D eigenvalue weighted by Crippen LogP contribution is -1.98. The minimum atomic E-state index is -0.0685. The zero-order chi connectivity index (χ0) is 16.4. The summed E-state index contributed by atoms with van der Waals surface area (Å²) in [4.78, 5) is 15.6. The van der Waals surface area contributed by atoms with Crippen molar-refractivity contribution in [1.82, 2.24) is 0 Å². The van der Waals surface area contributed by atoms with Crippen LogP contribution < -0.4 is 0 Å². The Balaban J connectivity index is 2.05. The highest BCUT2D eigenvalue weighted by atomic mass is 35.5. The van der Waals surface area contributed by atoms with E-state index in [0.717, 1.165) is 0 Å². The van der Waals surface area contributed by atoms with E-state index in [1.54, 1.807) is 48.6 Å². The fourth-order valence-corrected chi connectivity index (χ4v) is 2.59. The Morgan fingerprint density at radius 1 is 0.913 bits per heavy atom. The Hall–Kier alpha value is -2.36. The zero-order valence-electron chi connectivity index (χ0n) is 11.8. The van der Waals surface area contributed by atoms with Gasteiger partial charge < -0.3 is 5.11 Å². The molecule has 1 aliphatic carbocycles. The predicted molar refractivity (Wildman–Crippen MR) is 93.9 cm³/mol. The molecule has 5 heteroatoms. The van der Waals surface area contributed by atoms with Crippen LogP contribution in [0.3, 0.4) is 0 Å². The summed E-state index contributed by atoms with van der Waals surface area (Å²) in [5.74, 6) is 0.0177. The van der Waals surface area contributed by atoms with Gasteiger partial charge >= 0.3 is 0 Å². The number of phenols is 1. The molecule has 0 bridgehead atoms. The molecule has 0 amide bonds. The standard InChI is InChI=1S/C18H11Cl2NO2/c19-16-3-1-2-14(18(16)20)15-10-12(6-9-17(15)23)21-11-4-7-13(22)8-5-11/h1-10,23H. The molecule has 0 spiro atoms. The molecule has 1 N–H and O–H groups in total. The van der Waals surface area contributed by atoms with Gasteiger partial charge in [0.2, 0.25) is 0 Å². The molecule has 2 aromatic rings. The molecular weight excluding hydrogens is 333 g/mol. The first kappa shape index (κ1) is 15.5. The number of phenolic OH excluding ortho intramolecular Hbond substituents is 1. The summed E-state index contributed by atoms with van der Waals surface area (Å²) < 4.78 is 0. The number of carbonyl (C=O) groups is 1. The molecule has 0 aliphatic heterocycles. The number of aromatic hydroxyl groups is 1. The lowest BCUT2D eigenvalue weighted by atomic mass is 10.0. The van der Waals surface area contributed by atoms with Gasteiger partial charge in [0.05, 0.1) is 21.4 Å². The average molecular weight is 344 g/mol. The smallest absolute Gasteiger partial charge is 0.178 e. The second kappa shape index (κ2) is 6.41. The van der Waals surface area contributed by atoms with Crippen LogP contribution in [-0.4, -0.2) is 16.6 Å². The van der Waals surface area contributed by atoms with Crippen LogP contribution in [0.1, 0.15) is 0 Å². The number of aliphatic imine (C=N–C) groups is 1. The maximum Gasteiger partial charge on any atom is 0.178 e. The molecule has 0 saturated carbocycles.